The molecule has 1 aromatic heterocycles. The molecule has 0 fully saturated rings. The topological polar surface area (TPSA) is 58.2 Å². The van der Waals surface area contributed by atoms with Gasteiger partial charge in [-0.05, 0) is 19.4 Å². The molecule has 29 heavy (non-hydrogen) atoms. The minimum absolute atomic E-state index is 0.119. The van der Waals surface area contributed by atoms with Crippen LogP contribution in [0.15, 0.2) is 53.3 Å². The maximum atomic E-state index is 12.7. The van der Waals surface area contributed by atoms with Gasteiger partial charge in [0.2, 0.25) is 0 Å². The third-order valence-corrected chi connectivity index (χ3v) is 5.06. The summed E-state index contributed by atoms with van der Waals surface area (Å²) in [5, 5.41) is 0. The lowest BCUT2D eigenvalue weighted by molar-refractivity contribution is -0.0508. The van der Waals surface area contributed by atoms with Crippen molar-refractivity contribution in [3.05, 3.63) is 81.3 Å². The number of nitrogens with zero attached hydrogens (tertiary/aromatic N) is 2. The van der Waals surface area contributed by atoms with Crippen molar-refractivity contribution >= 4 is 0 Å². The summed E-state index contributed by atoms with van der Waals surface area (Å²) in [4.78, 5) is 22.2. The Hall–Kier alpha value is -3.06. The molecule has 1 N–H and O–H groups in total. The van der Waals surface area contributed by atoms with Crippen molar-refractivity contribution < 1.29 is 13.5 Å². The van der Waals surface area contributed by atoms with E-state index in [1.165, 1.54) is 6.07 Å². The molecule has 2 aromatic carbocycles. The molecule has 0 aliphatic carbocycles. The van der Waals surface area contributed by atoms with Crippen LogP contribution in [0.2, 0.25) is 0 Å². The summed E-state index contributed by atoms with van der Waals surface area (Å²) in [5.41, 5.74) is 3.96. The molecule has 4 rings (SSSR count). The molecule has 0 bridgehead atoms. The number of hydrogen-bond acceptors (Lipinski definition) is 4. The number of alkyl halides is 2. The fraction of sp³-hybridized carbons (Fsp3) is 0.273. The van der Waals surface area contributed by atoms with E-state index in [-0.39, 0.29) is 11.3 Å². The lowest BCUT2D eigenvalue weighted by Gasteiger charge is -2.28. The van der Waals surface area contributed by atoms with Crippen LogP contribution < -0.4 is 10.3 Å². The van der Waals surface area contributed by atoms with Gasteiger partial charge in [0, 0.05) is 36.3 Å². The van der Waals surface area contributed by atoms with E-state index in [1.54, 1.807) is 18.2 Å². The average Bonchev–Trinajstić information content (AvgIpc) is 2.69. The summed E-state index contributed by atoms with van der Waals surface area (Å²) >= 11 is 0. The first-order chi connectivity index (χ1) is 14.0. The summed E-state index contributed by atoms with van der Waals surface area (Å²) in [6.07, 6.45) is 0.559. The van der Waals surface area contributed by atoms with Gasteiger partial charge in [0.05, 0.1) is 5.69 Å². The van der Waals surface area contributed by atoms with Gasteiger partial charge in [-0.15, -0.1) is 0 Å². The first-order valence-electron chi connectivity index (χ1n) is 9.44. The molecule has 7 heteroatoms. The summed E-state index contributed by atoms with van der Waals surface area (Å²) in [6.45, 7) is 0.693. The fourth-order valence-corrected chi connectivity index (χ4v) is 3.56. The number of aromatic nitrogens is 2. The molecule has 1 aliphatic rings. The van der Waals surface area contributed by atoms with Crippen LogP contribution in [0.5, 0.6) is 5.75 Å². The molecule has 0 amide bonds. The zero-order valence-corrected chi connectivity index (χ0v) is 16.0. The van der Waals surface area contributed by atoms with Crippen molar-refractivity contribution in [2.75, 3.05) is 6.54 Å². The predicted octanol–water partition coefficient (Wildman–Crippen LogP) is 3.91. The number of ether oxygens (including phenoxy) is 1. The van der Waals surface area contributed by atoms with E-state index >= 15 is 0 Å². The number of aryl methyl sites for hydroxylation is 1. The van der Waals surface area contributed by atoms with E-state index in [0.29, 0.717) is 43.0 Å². The molecular formula is C22H21F2N3O2. The van der Waals surface area contributed by atoms with Gasteiger partial charge >= 0.3 is 6.61 Å². The van der Waals surface area contributed by atoms with Crippen molar-refractivity contribution in [2.45, 2.75) is 33.0 Å². The molecule has 0 spiro atoms. The van der Waals surface area contributed by atoms with Crippen molar-refractivity contribution in [3.8, 4) is 17.1 Å². The zero-order chi connectivity index (χ0) is 20.4. The number of hydrogen-bond donors (Lipinski definition) is 1. The smallest absolute Gasteiger partial charge is 0.387 e. The second-order valence-electron chi connectivity index (χ2n) is 7.15. The molecular weight excluding hydrogens is 376 g/mol. The standard InChI is InChI=1S/C22H21F2N3O2/c1-14-6-8-15(9-7-14)20-25-18-13-27(11-10-17(18)21(28)26-20)12-16-4-2-3-5-19(16)29-22(23)24/h2-9,22H,10-13H2,1H3,(H,25,26,28). The Bertz CT molecular complexity index is 1060. The Morgan fingerprint density at radius 3 is 2.69 bits per heavy atom. The minimum Gasteiger partial charge on any atom is -0.434 e. The number of halogens is 2. The van der Waals surface area contributed by atoms with Crippen molar-refractivity contribution in [2.24, 2.45) is 0 Å². The molecule has 3 aromatic rings. The monoisotopic (exact) mass is 397 g/mol. The Morgan fingerprint density at radius 1 is 1.17 bits per heavy atom. The molecule has 150 valence electrons. The highest BCUT2D eigenvalue weighted by molar-refractivity contribution is 5.55. The molecule has 0 saturated carbocycles. The molecule has 5 nitrogen and oxygen atoms in total. The molecule has 0 saturated heterocycles. The van der Waals surface area contributed by atoms with Gasteiger partial charge in [0.15, 0.2) is 0 Å². The molecule has 0 radical (unpaired) electrons. The first-order valence-corrected chi connectivity index (χ1v) is 9.44. The number of fused-ring (bicyclic) bond motifs is 1. The van der Waals surface area contributed by atoms with E-state index in [0.717, 1.165) is 16.8 Å². The van der Waals surface area contributed by atoms with Gasteiger partial charge in [0.25, 0.3) is 5.56 Å². The maximum absolute atomic E-state index is 12.7. The summed E-state index contributed by atoms with van der Waals surface area (Å²) in [7, 11) is 0. The van der Waals surface area contributed by atoms with E-state index in [2.05, 4.69) is 19.6 Å². The zero-order valence-electron chi connectivity index (χ0n) is 16.0. The Balaban J connectivity index is 1.58. The average molecular weight is 397 g/mol. The van der Waals surface area contributed by atoms with Gasteiger partial charge in [-0.25, -0.2) is 4.98 Å². The van der Waals surface area contributed by atoms with E-state index in [9.17, 15) is 13.6 Å². The van der Waals surface area contributed by atoms with E-state index in [4.69, 9.17) is 0 Å². The van der Waals surface area contributed by atoms with Crippen LogP contribution in [0.3, 0.4) is 0 Å². The SMILES string of the molecule is Cc1ccc(-c2nc3c(c(=O)[nH]2)CCN(Cc2ccccc2OC(F)F)C3)cc1. The Kier molecular flexibility index (Phi) is 5.40. The minimum atomic E-state index is -2.87. The highest BCUT2D eigenvalue weighted by Gasteiger charge is 2.22. The number of rotatable bonds is 5. The van der Waals surface area contributed by atoms with Crippen molar-refractivity contribution in [3.63, 3.8) is 0 Å². The Morgan fingerprint density at radius 2 is 1.93 bits per heavy atom. The fourth-order valence-electron chi connectivity index (χ4n) is 3.56. The summed E-state index contributed by atoms with van der Waals surface area (Å²) in [6, 6.07) is 14.6. The van der Waals surface area contributed by atoms with Gasteiger partial charge < -0.3 is 9.72 Å². The molecule has 0 atom stereocenters. The first kappa shape index (κ1) is 19.3. The van der Waals surface area contributed by atoms with Crippen molar-refractivity contribution in [1.29, 1.82) is 0 Å². The number of aromatic amines is 1. The van der Waals surface area contributed by atoms with Crippen LogP contribution in [-0.4, -0.2) is 28.0 Å². The number of H-pyrrole nitrogens is 1. The van der Waals surface area contributed by atoms with E-state index in [1.807, 2.05) is 31.2 Å². The molecule has 0 unspecified atom stereocenters. The van der Waals surface area contributed by atoms with Crippen LogP contribution in [0.4, 0.5) is 8.78 Å². The highest BCUT2D eigenvalue weighted by atomic mass is 19.3. The van der Waals surface area contributed by atoms with Crippen LogP contribution in [0, 0.1) is 6.92 Å². The van der Waals surface area contributed by atoms with Gasteiger partial charge in [-0.3, -0.25) is 9.69 Å². The van der Waals surface area contributed by atoms with Crippen molar-refractivity contribution in [1.82, 2.24) is 14.9 Å². The largest absolute Gasteiger partial charge is 0.434 e. The highest BCUT2D eigenvalue weighted by Crippen LogP contribution is 2.25. The summed E-state index contributed by atoms with van der Waals surface area (Å²) < 4.78 is 30.0. The molecule has 2 heterocycles. The Labute approximate surface area is 167 Å². The molecule has 1 aliphatic heterocycles. The van der Waals surface area contributed by atoms with Crippen LogP contribution in [0.1, 0.15) is 22.4 Å². The third kappa shape index (κ3) is 4.35. The van der Waals surface area contributed by atoms with Gasteiger partial charge in [0.1, 0.15) is 11.6 Å². The number of para-hydroxylation sites is 1. The second kappa shape index (κ2) is 8.13. The van der Waals surface area contributed by atoms with Crippen LogP contribution in [0.25, 0.3) is 11.4 Å². The van der Waals surface area contributed by atoms with Gasteiger partial charge in [-0.1, -0.05) is 48.0 Å². The second-order valence-corrected chi connectivity index (χ2v) is 7.15. The van der Waals surface area contributed by atoms with Crippen LogP contribution in [-0.2, 0) is 19.5 Å². The normalized spacial score (nSPS) is 14.1. The maximum Gasteiger partial charge on any atom is 0.387 e. The predicted molar refractivity (Wildman–Crippen MR) is 106 cm³/mol. The number of benzene rings is 2. The summed E-state index contributed by atoms with van der Waals surface area (Å²) in [5.74, 6) is 0.713. The quantitative estimate of drug-likeness (QED) is 0.709. The third-order valence-electron chi connectivity index (χ3n) is 5.06. The number of nitrogens with one attached hydrogen (secondary N) is 1. The lowest BCUT2D eigenvalue weighted by Crippen LogP contribution is -2.35. The van der Waals surface area contributed by atoms with Gasteiger partial charge in [-0.2, -0.15) is 8.78 Å². The van der Waals surface area contributed by atoms with Crippen LogP contribution >= 0.6 is 0 Å². The lowest BCUT2D eigenvalue weighted by atomic mass is 10.0. The van der Waals surface area contributed by atoms with E-state index < -0.39 is 6.61 Å².